The molecule has 0 fully saturated rings. The van der Waals surface area contributed by atoms with Gasteiger partial charge in [-0.2, -0.15) is 0 Å². The number of aromatic nitrogens is 4. The molecule has 136 valence electrons. The van der Waals surface area contributed by atoms with E-state index in [1.807, 2.05) is 17.0 Å². The minimum Gasteiger partial charge on any atom is -0.376 e. The Bertz CT molecular complexity index is 815. The standard InChI is InChI=1S/C19H24N6O/c1-19(7-3-2-4-8-19)18(26)24-10-11-25-16(22-23-17(25)14-24)13-21-15-6-5-9-20-12-15/h2-3,5-6,9,12,21H,4,7-8,10-11,13-14H2,1H3. The first-order chi connectivity index (χ1) is 12.7. The highest BCUT2D eigenvalue weighted by atomic mass is 16.2. The van der Waals surface area contributed by atoms with Crippen LogP contribution in [-0.4, -0.2) is 37.1 Å². The Morgan fingerprint density at radius 3 is 3.00 bits per heavy atom. The van der Waals surface area contributed by atoms with Crippen LogP contribution in [0.1, 0.15) is 37.8 Å². The molecule has 0 radical (unpaired) electrons. The van der Waals surface area contributed by atoms with Crippen LogP contribution in [0.2, 0.25) is 0 Å². The van der Waals surface area contributed by atoms with Crippen LogP contribution in [-0.2, 0) is 24.4 Å². The van der Waals surface area contributed by atoms with Crippen molar-refractivity contribution in [1.82, 2.24) is 24.6 Å². The number of nitrogens with zero attached hydrogens (tertiary/aromatic N) is 5. The SMILES string of the molecule is CC1(C(=O)N2CCn3c(CNc4cccnc4)nnc3C2)CC=CCC1. The average Bonchev–Trinajstić information content (AvgIpc) is 3.09. The van der Waals surface area contributed by atoms with E-state index in [0.717, 1.165) is 43.1 Å². The van der Waals surface area contributed by atoms with E-state index in [1.54, 1.807) is 12.4 Å². The summed E-state index contributed by atoms with van der Waals surface area (Å²) in [5.41, 5.74) is 0.678. The fourth-order valence-electron chi connectivity index (χ4n) is 3.71. The van der Waals surface area contributed by atoms with Gasteiger partial charge >= 0.3 is 0 Å². The molecular formula is C19H24N6O. The van der Waals surface area contributed by atoms with Gasteiger partial charge in [-0.25, -0.2) is 0 Å². The van der Waals surface area contributed by atoms with Gasteiger partial charge in [-0.1, -0.05) is 19.1 Å². The Morgan fingerprint density at radius 2 is 2.23 bits per heavy atom. The minimum absolute atomic E-state index is 0.242. The molecule has 26 heavy (non-hydrogen) atoms. The van der Waals surface area contributed by atoms with Gasteiger partial charge in [0.2, 0.25) is 5.91 Å². The molecule has 0 spiro atoms. The van der Waals surface area contributed by atoms with Crippen molar-refractivity contribution in [2.45, 2.75) is 45.8 Å². The predicted molar refractivity (Wildman–Crippen MR) is 98.1 cm³/mol. The number of allylic oxidation sites excluding steroid dienone is 2. The van der Waals surface area contributed by atoms with Crippen LogP contribution in [0.25, 0.3) is 0 Å². The maximum absolute atomic E-state index is 13.0. The van der Waals surface area contributed by atoms with Gasteiger partial charge in [-0.3, -0.25) is 9.78 Å². The summed E-state index contributed by atoms with van der Waals surface area (Å²) in [6.45, 7) is 4.67. The lowest BCUT2D eigenvalue weighted by Crippen LogP contribution is -2.46. The molecule has 7 nitrogen and oxygen atoms in total. The highest BCUT2D eigenvalue weighted by Crippen LogP contribution is 2.35. The molecule has 1 aliphatic heterocycles. The summed E-state index contributed by atoms with van der Waals surface area (Å²) in [5, 5.41) is 12.0. The van der Waals surface area contributed by atoms with Crippen LogP contribution in [0.15, 0.2) is 36.7 Å². The largest absolute Gasteiger partial charge is 0.376 e. The van der Waals surface area contributed by atoms with Crippen molar-refractivity contribution >= 4 is 11.6 Å². The highest BCUT2D eigenvalue weighted by molar-refractivity contribution is 5.82. The summed E-state index contributed by atoms with van der Waals surface area (Å²) >= 11 is 0. The summed E-state index contributed by atoms with van der Waals surface area (Å²) < 4.78 is 2.12. The molecule has 0 saturated carbocycles. The number of pyridine rings is 1. The topological polar surface area (TPSA) is 75.9 Å². The van der Waals surface area contributed by atoms with Crippen molar-refractivity contribution in [2.24, 2.45) is 5.41 Å². The smallest absolute Gasteiger partial charge is 0.229 e. The van der Waals surface area contributed by atoms with Crippen molar-refractivity contribution in [3.8, 4) is 0 Å². The average molecular weight is 352 g/mol. The van der Waals surface area contributed by atoms with Gasteiger partial charge in [0.1, 0.15) is 0 Å². The molecule has 0 saturated heterocycles. The zero-order chi connectivity index (χ0) is 18.0. The first-order valence-corrected chi connectivity index (χ1v) is 9.15. The number of hydrogen-bond donors (Lipinski definition) is 1. The molecule has 0 aromatic carbocycles. The van der Waals surface area contributed by atoms with Crippen LogP contribution in [0.3, 0.4) is 0 Å². The van der Waals surface area contributed by atoms with Crippen LogP contribution in [0.4, 0.5) is 5.69 Å². The fourth-order valence-corrected chi connectivity index (χ4v) is 3.71. The number of anilines is 1. The van der Waals surface area contributed by atoms with Crippen molar-refractivity contribution in [3.63, 3.8) is 0 Å². The molecule has 0 bridgehead atoms. The molecule has 2 aliphatic rings. The summed E-state index contributed by atoms with van der Waals surface area (Å²) in [4.78, 5) is 19.1. The van der Waals surface area contributed by atoms with Gasteiger partial charge in [0.15, 0.2) is 11.6 Å². The third kappa shape index (κ3) is 3.21. The molecule has 1 aliphatic carbocycles. The third-order valence-electron chi connectivity index (χ3n) is 5.34. The lowest BCUT2D eigenvalue weighted by atomic mass is 9.77. The number of rotatable bonds is 4. The Labute approximate surface area is 153 Å². The molecule has 4 rings (SSSR count). The minimum atomic E-state index is -0.276. The normalized spacial score (nSPS) is 22.1. The van der Waals surface area contributed by atoms with Crippen LogP contribution < -0.4 is 5.32 Å². The van der Waals surface area contributed by atoms with Crippen LogP contribution in [0, 0.1) is 5.41 Å². The second-order valence-corrected chi connectivity index (χ2v) is 7.28. The van der Waals surface area contributed by atoms with E-state index in [-0.39, 0.29) is 11.3 Å². The molecule has 2 aromatic rings. The Hall–Kier alpha value is -2.70. The summed E-state index contributed by atoms with van der Waals surface area (Å²) in [5.74, 6) is 2.00. The number of carbonyl (C=O) groups excluding carboxylic acids is 1. The molecule has 3 heterocycles. The monoisotopic (exact) mass is 352 g/mol. The van der Waals surface area contributed by atoms with Gasteiger partial charge in [0.05, 0.1) is 24.2 Å². The van der Waals surface area contributed by atoms with E-state index < -0.39 is 0 Å². The molecule has 1 unspecified atom stereocenters. The van der Waals surface area contributed by atoms with Crippen molar-refractivity contribution in [1.29, 1.82) is 0 Å². The first-order valence-electron chi connectivity index (χ1n) is 9.15. The number of fused-ring (bicyclic) bond motifs is 1. The Morgan fingerprint density at radius 1 is 1.31 bits per heavy atom. The number of carbonyl (C=O) groups is 1. The van der Waals surface area contributed by atoms with E-state index in [4.69, 9.17) is 0 Å². The fraction of sp³-hybridized carbons (Fsp3) is 0.474. The van der Waals surface area contributed by atoms with Gasteiger partial charge in [-0.05, 0) is 31.4 Å². The lowest BCUT2D eigenvalue weighted by molar-refractivity contribution is -0.143. The van der Waals surface area contributed by atoms with Gasteiger partial charge in [0.25, 0.3) is 0 Å². The maximum atomic E-state index is 13.0. The van der Waals surface area contributed by atoms with Crippen molar-refractivity contribution < 1.29 is 4.79 Å². The maximum Gasteiger partial charge on any atom is 0.229 e. The second-order valence-electron chi connectivity index (χ2n) is 7.28. The van der Waals surface area contributed by atoms with Gasteiger partial charge in [-0.15, -0.1) is 10.2 Å². The molecule has 1 atom stereocenters. The molecule has 1 amide bonds. The predicted octanol–water partition coefficient (Wildman–Crippen LogP) is 2.37. The summed E-state index contributed by atoms with van der Waals surface area (Å²) in [6.07, 6.45) is 10.6. The Balaban J connectivity index is 1.43. The quantitative estimate of drug-likeness (QED) is 0.855. The summed E-state index contributed by atoms with van der Waals surface area (Å²) in [6, 6.07) is 3.87. The lowest BCUT2D eigenvalue weighted by Gasteiger charge is -2.37. The molecule has 7 heteroatoms. The van der Waals surface area contributed by atoms with Gasteiger partial charge < -0.3 is 14.8 Å². The van der Waals surface area contributed by atoms with Gasteiger partial charge in [0, 0.05) is 25.5 Å². The van der Waals surface area contributed by atoms with Crippen LogP contribution >= 0.6 is 0 Å². The highest BCUT2D eigenvalue weighted by Gasteiger charge is 2.38. The molecular weight excluding hydrogens is 328 g/mol. The molecule has 2 aromatic heterocycles. The van der Waals surface area contributed by atoms with E-state index in [2.05, 4.69) is 44.1 Å². The van der Waals surface area contributed by atoms with E-state index >= 15 is 0 Å². The number of hydrogen-bond acceptors (Lipinski definition) is 5. The number of nitrogens with one attached hydrogen (secondary N) is 1. The molecule has 1 N–H and O–H groups in total. The van der Waals surface area contributed by atoms with E-state index in [9.17, 15) is 4.79 Å². The third-order valence-corrected chi connectivity index (χ3v) is 5.34. The number of amides is 1. The van der Waals surface area contributed by atoms with E-state index in [0.29, 0.717) is 19.6 Å². The zero-order valence-electron chi connectivity index (χ0n) is 15.1. The van der Waals surface area contributed by atoms with Crippen molar-refractivity contribution in [2.75, 3.05) is 11.9 Å². The Kier molecular flexibility index (Phi) is 4.44. The van der Waals surface area contributed by atoms with E-state index in [1.165, 1.54) is 0 Å². The van der Waals surface area contributed by atoms with Crippen molar-refractivity contribution in [3.05, 3.63) is 48.3 Å². The summed E-state index contributed by atoms with van der Waals surface area (Å²) in [7, 11) is 0. The second kappa shape index (κ2) is 6.90. The first kappa shape index (κ1) is 16.8. The van der Waals surface area contributed by atoms with Crippen LogP contribution in [0.5, 0.6) is 0 Å². The zero-order valence-corrected chi connectivity index (χ0v) is 15.1.